The van der Waals surface area contributed by atoms with Crippen molar-refractivity contribution in [2.24, 2.45) is 5.92 Å². The summed E-state index contributed by atoms with van der Waals surface area (Å²) in [5.41, 5.74) is 5.61. The van der Waals surface area contributed by atoms with Gasteiger partial charge in [-0.3, -0.25) is 14.6 Å². The van der Waals surface area contributed by atoms with Crippen LogP contribution in [0.1, 0.15) is 79.3 Å². The number of Topliss-reactive ketones (excluding diaryl/α,β-unsaturated/α-hetero) is 1. The van der Waals surface area contributed by atoms with Crippen molar-refractivity contribution in [1.82, 2.24) is 15.2 Å². The zero-order valence-electron chi connectivity index (χ0n) is 23.4. The van der Waals surface area contributed by atoms with Crippen molar-refractivity contribution >= 4 is 17.4 Å². The zero-order chi connectivity index (χ0) is 27.5. The molecule has 1 aromatic heterocycles. The number of carbonyl (C=O) groups excluding carboxylic acids is 2. The van der Waals surface area contributed by atoms with Crippen molar-refractivity contribution in [1.29, 1.82) is 0 Å². The Morgan fingerprint density at radius 2 is 1.82 bits per heavy atom. The first-order valence-corrected chi connectivity index (χ1v) is 14.8. The van der Waals surface area contributed by atoms with E-state index in [1.165, 1.54) is 30.5 Å². The first-order valence-electron chi connectivity index (χ1n) is 14.8. The zero-order valence-corrected chi connectivity index (χ0v) is 23.4. The van der Waals surface area contributed by atoms with Crippen molar-refractivity contribution in [2.75, 3.05) is 38.2 Å². The van der Waals surface area contributed by atoms with Crippen LogP contribution < -0.4 is 15.0 Å². The van der Waals surface area contributed by atoms with Gasteiger partial charge in [-0.05, 0) is 68.4 Å². The number of likely N-dealkylation sites (N-methyl/N-ethyl adjacent to an activating group) is 1. The van der Waals surface area contributed by atoms with Gasteiger partial charge in [0.2, 0.25) is 0 Å². The molecule has 0 saturated heterocycles. The third kappa shape index (κ3) is 5.45. The number of ketones is 1. The highest BCUT2D eigenvalue weighted by atomic mass is 16.5. The number of amides is 1. The first kappa shape index (κ1) is 26.4. The molecule has 7 nitrogen and oxygen atoms in total. The number of hydrogen-bond acceptors (Lipinski definition) is 6. The number of nitrogens with one attached hydrogen (secondary N) is 1. The predicted molar refractivity (Wildman–Crippen MR) is 155 cm³/mol. The van der Waals surface area contributed by atoms with Crippen LogP contribution in [0.4, 0.5) is 5.69 Å². The fraction of sp³-hybridized carbons (Fsp3) is 0.485. The Kier molecular flexibility index (Phi) is 7.77. The number of aromatic nitrogens is 1. The molecule has 1 aromatic carbocycles. The van der Waals surface area contributed by atoms with Crippen LogP contribution in [0.25, 0.3) is 0 Å². The normalized spacial score (nSPS) is 21.1. The van der Waals surface area contributed by atoms with Crippen molar-refractivity contribution in [2.45, 2.75) is 63.8 Å². The van der Waals surface area contributed by atoms with Gasteiger partial charge in [-0.25, -0.2) is 0 Å². The van der Waals surface area contributed by atoms with Crippen molar-refractivity contribution in [3.05, 3.63) is 64.6 Å². The minimum absolute atomic E-state index is 0.183. The Bertz CT molecular complexity index is 1370. The maximum absolute atomic E-state index is 13.8. The molecule has 1 atom stereocenters. The lowest BCUT2D eigenvalue weighted by Crippen LogP contribution is -2.44. The number of fused-ring (bicyclic) bond motifs is 1. The summed E-state index contributed by atoms with van der Waals surface area (Å²) in [7, 11) is 2.01. The van der Waals surface area contributed by atoms with E-state index >= 15 is 0 Å². The molecule has 7 heteroatoms. The Labute approximate surface area is 237 Å². The highest BCUT2D eigenvalue weighted by Gasteiger charge is 2.35. The molecule has 2 aromatic rings. The molecule has 3 heterocycles. The van der Waals surface area contributed by atoms with Gasteiger partial charge < -0.3 is 19.9 Å². The maximum atomic E-state index is 13.8. The summed E-state index contributed by atoms with van der Waals surface area (Å²) in [6.45, 7) is 2.09. The summed E-state index contributed by atoms with van der Waals surface area (Å²) in [6, 6.07) is 8.12. The summed E-state index contributed by atoms with van der Waals surface area (Å²) in [5, 5.41) is 3.13. The van der Waals surface area contributed by atoms with Crippen LogP contribution in [-0.4, -0.2) is 60.9 Å². The van der Waals surface area contributed by atoms with Crippen molar-refractivity contribution in [3.63, 3.8) is 0 Å². The van der Waals surface area contributed by atoms with Crippen LogP contribution in [0, 0.1) is 17.8 Å². The molecule has 208 valence electrons. The highest BCUT2D eigenvalue weighted by molar-refractivity contribution is 6.00. The molecule has 2 aliphatic heterocycles. The van der Waals surface area contributed by atoms with Crippen molar-refractivity contribution in [3.8, 4) is 17.6 Å². The first-order chi connectivity index (χ1) is 19.6. The number of allylic oxidation sites excluding steroid dienone is 1. The average Bonchev–Trinajstić information content (AvgIpc) is 3.00. The molecule has 1 fully saturated rings. The van der Waals surface area contributed by atoms with Crippen LogP contribution in [0.2, 0.25) is 0 Å². The van der Waals surface area contributed by atoms with Crippen LogP contribution in [0.5, 0.6) is 5.75 Å². The number of anilines is 1. The van der Waals surface area contributed by atoms with Gasteiger partial charge in [-0.1, -0.05) is 31.1 Å². The van der Waals surface area contributed by atoms with Gasteiger partial charge >= 0.3 is 0 Å². The van der Waals surface area contributed by atoms with E-state index in [9.17, 15) is 9.59 Å². The molecule has 1 unspecified atom stereocenters. The molecule has 6 rings (SSSR count). The van der Waals surface area contributed by atoms with Gasteiger partial charge in [0, 0.05) is 48.9 Å². The molecule has 0 spiro atoms. The second kappa shape index (κ2) is 11.8. The van der Waals surface area contributed by atoms with Crippen LogP contribution in [0.15, 0.2) is 47.9 Å². The lowest BCUT2D eigenvalue weighted by Gasteiger charge is -2.40. The standard InChI is InChI=1S/C33H38N4O3/c1-36-22-31(38)28(26-9-5-6-10-29(26)36)21-35-33(39)27-19-24(12-11-23-13-15-34-16-14-23)20-30-32(27)40-18-17-37(30)25-7-3-2-4-8-25/h13-16,19-20,25,28H,2-10,17-18,21-22H2,1H3,(H,35,39). The van der Waals surface area contributed by atoms with Crippen LogP contribution in [0.3, 0.4) is 0 Å². The predicted octanol–water partition coefficient (Wildman–Crippen LogP) is 4.70. The Hall–Kier alpha value is -3.79. The number of hydrogen-bond donors (Lipinski definition) is 1. The minimum Gasteiger partial charge on any atom is -0.489 e. The van der Waals surface area contributed by atoms with E-state index in [0.29, 0.717) is 37.1 Å². The Morgan fingerprint density at radius 1 is 1.05 bits per heavy atom. The fourth-order valence-electron chi connectivity index (χ4n) is 6.82. The second-order valence-electron chi connectivity index (χ2n) is 11.5. The molecule has 1 saturated carbocycles. The average molecular weight is 539 g/mol. The number of rotatable bonds is 4. The maximum Gasteiger partial charge on any atom is 0.255 e. The molecule has 1 amide bonds. The molecule has 0 radical (unpaired) electrons. The Balaban J connectivity index is 1.31. The summed E-state index contributed by atoms with van der Waals surface area (Å²) >= 11 is 0. The van der Waals surface area contributed by atoms with Crippen LogP contribution in [-0.2, 0) is 4.79 Å². The van der Waals surface area contributed by atoms with E-state index < -0.39 is 0 Å². The minimum atomic E-state index is -0.249. The number of benzene rings is 1. The van der Waals surface area contributed by atoms with Gasteiger partial charge in [0.25, 0.3) is 5.91 Å². The summed E-state index contributed by atoms with van der Waals surface area (Å²) in [4.78, 5) is 35.5. The van der Waals surface area contributed by atoms with E-state index in [4.69, 9.17) is 4.74 Å². The molecular formula is C33H38N4O3. The van der Waals surface area contributed by atoms with E-state index in [0.717, 1.165) is 61.9 Å². The molecular weight excluding hydrogens is 500 g/mol. The quantitative estimate of drug-likeness (QED) is 0.569. The molecule has 40 heavy (non-hydrogen) atoms. The van der Waals surface area contributed by atoms with Gasteiger partial charge in [-0.15, -0.1) is 0 Å². The van der Waals surface area contributed by atoms with Gasteiger partial charge in [0.1, 0.15) is 6.61 Å². The van der Waals surface area contributed by atoms with Gasteiger partial charge in [0.05, 0.1) is 30.3 Å². The van der Waals surface area contributed by atoms with E-state index in [2.05, 4.69) is 38.0 Å². The number of pyridine rings is 1. The number of nitrogens with zero attached hydrogens (tertiary/aromatic N) is 3. The van der Waals surface area contributed by atoms with Crippen molar-refractivity contribution < 1.29 is 14.3 Å². The monoisotopic (exact) mass is 538 g/mol. The number of carbonyl (C=O) groups is 2. The topological polar surface area (TPSA) is 74.8 Å². The summed E-state index contributed by atoms with van der Waals surface area (Å²) in [6.07, 6.45) is 13.7. The molecule has 1 N–H and O–H groups in total. The van der Waals surface area contributed by atoms with Crippen LogP contribution >= 0.6 is 0 Å². The second-order valence-corrected chi connectivity index (χ2v) is 11.5. The SMILES string of the molecule is CN1CC(=O)C(CNC(=O)c2cc(C#Cc3ccncc3)cc3c2OCCN3C2CCCCC2)C2=C1CCCC2. The van der Waals surface area contributed by atoms with E-state index in [1.54, 1.807) is 12.4 Å². The van der Waals surface area contributed by atoms with E-state index in [1.807, 2.05) is 25.2 Å². The Morgan fingerprint density at radius 3 is 2.65 bits per heavy atom. The van der Waals surface area contributed by atoms with E-state index in [-0.39, 0.29) is 17.6 Å². The fourth-order valence-corrected chi connectivity index (χ4v) is 6.82. The lowest BCUT2D eigenvalue weighted by molar-refractivity contribution is -0.123. The number of ether oxygens (including phenoxy) is 1. The largest absolute Gasteiger partial charge is 0.489 e. The van der Waals surface area contributed by atoms with Gasteiger partial charge in [-0.2, -0.15) is 0 Å². The smallest absolute Gasteiger partial charge is 0.255 e. The summed E-state index contributed by atoms with van der Waals surface area (Å²) < 4.78 is 6.19. The highest BCUT2D eigenvalue weighted by Crippen LogP contribution is 2.40. The molecule has 0 bridgehead atoms. The van der Waals surface area contributed by atoms with Gasteiger partial charge in [0.15, 0.2) is 11.5 Å². The molecule has 2 aliphatic carbocycles. The third-order valence-corrected chi connectivity index (χ3v) is 8.86. The third-order valence-electron chi connectivity index (χ3n) is 8.86. The lowest BCUT2D eigenvalue weighted by atomic mass is 9.81. The molecule has 4 aliphatic rings. The summed E-state index contributed by atoms with van der Waals surface area (Å²) in [5.74, 6) is 6.85.